The van der Waals surface area contributed by atoms with Crippen molar-refractivity contribution in [3.05, 3.63) is 83.9 Å². The molecule has 2 amide bonds. The number of ether oxygens (including phenoxy) is 3. The van der Waals surface area contributed by atoms with Crippen molar-refractivity contribution >= 4 is 28.3 Å². The molecule has 0 spiro atoms. The summed E-state index contributed by atoms with van der Waals surface area (Å²) in [6, 6.07) is 21.9. The molecule has 0 aliphatic heterocycles. The average molecular weight is 547 g/mol. The van der Waals surface area contributed by atoms with Gasteiger partial charge in [-0.3, -0.25) is 9.59 Å². The fourth-order valence-electron chi connectivity index (χ4n) is 4.06. The molecule has 0 saturated heterocycles. The van der Waals surface area contributed by atoms with Crippen LogP contribution in [0.2, 0.25) is 0 Å². The van der Waals surface area contributed by atoms with Gasteiger partial charge in [-0.05, 0) is 36.8 Å². The first-order valence-corrected chi connectivity index (χ1v) is 13.1. The summed E-state index contributed by atoms with van der Waals surface area (Å²) in [5.74, 6) is 1.15. The van der Waals surface area contributed by atoms with E-state index in [1.54, 1.807) is 37.3 Å². The Morgan fingerprint density at radius 3 is 2.36 bits per heavy atom. The van der Waals surface area contributed by atoms with Gasteiger partial charge in [0.1, 0.15) is 22.3 Å². The van der Waals surface area contributed by atoms with Gasteiger partial charge < -0.3 is 24.4 Å². The van der Waals surface area contributed by atoms with Crippen molar-refractivity contribution in [3.63, 3.8) is 0 Å². The van der Waals surface area contributed by atoms with Crippen LogP contribution in [0.25, 0.3) is 10.6 Å². The number of carbonyl (C=O) groups excluding carboxylic acids is 2. The zero-order valence-corrected chi connectivity index (χ0v) is 23.0. The number of benzene rings is 3. The van der Waals surface area contributed by atoms with Gasteiger partial charge in [0.2, 0.25) is 11.0 Å². The highest BCUT2D eigenvalue weighted by atomic mass is 32.1. The van der Waals surface area contributed by atoms with Crippen molar-refractivity contribution in [1.82, 2.24) is 15.1 Å². The normalized spacial score (nSPS) is 11.4. The second-order valence-electron chi connectivity index (χ2n) is 8.59. The lowest BCUT2D eigenvalue weighted by molar-refractivity contribution is -0.116. The lowest BCUT2D eigenvalue weighted by Gasteiger charge is -2.30. The van der Waals surface area contributed by atoms with Crippen LogP contribution in [0.15, 0.2) is 72.8 Å². The van der Waals surface area contributed by atoms with Gasteiger partial charge in [-0.2, -0.15) is 0 Å². The van der Waals surface area contributed by atoms with E-state index in [0.29, 0.717) is 33.0 Å². The summed E-state index contributed by atoms with van der Waals surface area (Å²) in [6.07, 6.45) is 0.0649. The van der Waals surface area contributed by atoms with Crippen LogP contribution in [0.4, 0.5) is 5.13 Å². The number of hydrogen-bond donors (Lipinski definition) is 1. The topological polar surface area (TPSA) is 103 Å². The monoisotopic (exact) mass is 546 g/mol. The molecular formula is C29H30N4O5S. The zero-order valence-electron chi connectivity index (χ0n) is 22.2. The van der Waals surface area contributed by atoms with Gasteiger partial charge in [0.05, 0.1) is 32.9 Å². The van der Waals surface area contributed by atoms with Crippen LogP contribution in [0, 0.1) is 0 Å². The molecule has 0 aliphatic carbocycles. The summed E-state index contributed by atoms with van der Waals surface area (Å²) < 4.78 is 16.0. The van der Waals surface area contributed by atoms with Crippen LogP contribution in [-0.2, 0) is 4.79 Å². The Balaban J connectivity index is 1.50. The molecule has 1 heterocycles. The van der Waals surface area contributed by atoms with Crippen LogP contribution in [0.5, 0.6) is 17.2 Å². The maximum Gasteiger partial charge on any atom is 0.258 e. The Bertz CT molecular complexity index is 1430. The molecule has 202 valence electrons. The number of rotatable bonds is 11. The first-order chi connectivity index (χ1) is 18.9. The molecule has 4 aromatic rings. The molecule has 1 aromatic heterocycles. The highest BCUT2D eigenvalue weighted by Gasteiger charge is 2.26. The quantitative estimate of drug-likeness (QED) is 0.266. The van der Waals surface area contributed by atoms with Gasteiger partial charge in [0.25, 0.3) is 5.91 Å². The lowest BCUT2D eigenvalue weighted by Crippen LogP contribution is -2.36. The van der Waals surface area contributed by atoms with Crippen molar-refractivity contribution in [2.75, 3.05) is 33.2 Å². The molecule has 0 saturated carbocycles. The van der Waals surface area contributed by atoms with Crippen molar-refractivity contribution in [2.45, 2.75) is 19.4 Å². The molecule has 4 rings (SSSR count). The number of carbonyl (C=O) groups is 2. The molecule has 0 radical (unpaired) electrons. The fourth-order valence-corrected chi connectivity index (χ4v) is 4.82. The summed E-state index contributed by atoms with van der Waals surface area (Å²) in [5, 5.41) is 12.1. The van der Waals surface area contributed by atoms with Gasteiger partial charge >= 0.3 is 0 Å². The number of nitrogens with one attached hydrogen (secondary N) is 1. The van der Waals surface area contributed by atoms with Crippen molar-refractivity contribution < 1.29 is 23.8 Å². The molecule has 1 N–H and O–H groups in total. The molecule has 1 atom stereocenters. The van der Waals surface area contributed by atoms with Crippen LogP contribution in [0.3, 0.4) is 0 Å². The van der Waals surface area contributed by atoms with Gasteiger partial charge in [-0.1, -0.05) is 53.8 Å². The van der Waals surface area contributed by atoms with Gasteiger partial charge in [-0.25, -0.2) is 0 Å². The van der Waals surface area contributed by atoms with E-state index in [-0.39, 0.29) is 30.8 Å². The van der Waals surface area contributed by atoms with E-state index < -0.39 is 0 Å². The molecule has 1 unspecified atom stereocenters. The van der Waals surface area contributed by atoms with Crippen molar-refractivity contribution in [2.24, 2.45) is 0 Å². The van der Waals surface area contributed by atoms with E-state index in [2.05, 4.69) is 15.5 Å². The Hall–Kier alpha value is -4.44. The molecule has 39 heavy (non-hydrogen) atoms. The minimum Gasteiger partial charge on any atom is -0.497 e. The summed E-state index contributed by atoms with van der Waals surface area (Å²) >= 11 is 1.26. The second kappa shape index (κ2) is 12.9. The SMILES string of the molecule is COc1cccc(-c2nnc(NC(=O)CCN(C(=O)c3ccc(OC)cc3OC)C(C)c3ccccc3)s2)c1. The zero-order chi connectivity index (χ0) is 27.8. The predicted molar refractivity (Wildman–Crippen MR) is 151 cm³/mol. The number of amides is 2. The van der Waals surface area contributed by atoms with Gasteiger partial charge in [-0.15, -0.1) is 10.2 Å². The number of nitrogens with zero attached hydrogens (tertiary/aromatic N) is 3. The second-order valence-corrected chi connectivity index (χ2v) is 9.57. The van der Waals surface area contributed by atoms with E-state index in [0.717, 1.165) is 11.1 Å². The van der Waals surface area contributed by atoms with E-state index >= 15 is 0 Å². The predicted octanol–water partition coefficient (Wildman–Crippen LogP) is 5.46. The third-order valence-corrected chi connectivity index (χ3v) is 7.11. The number of methoxy groups -OCH3 is 3. The van der Waals surface area contributed by atoms with Crippen LogP contribution in [0.1, 0.15) is 35.3 Å². The Morgan fingerprint density at radius 1 is 0.897 bits per heavy atom. The van der Waals surface area contributed by atoms with Crippen molar-refractivity contribution in [3.8, 4) is 27.8 Å². The largest absolute Gasteiger partial charge is 0.497 e. The highest BCUT2D eigenvalue weighted by molar-refractivity contribution is 7.18. The standard InChI is InChI=1S/C29H30N4O5S/c1-19(20-9-6-5-7-10-20)33(28(35)24-14-13-23(37-3)18-25(24)38-4)16-15-26(34)30-29-32-31-27(39-29)21-11-8-12-22(17-21)36-2/h5-14,17-19H,15-16H2,1-4H3,(H,30,32,34). The molecule has 9 nitrogen and oxygen atoms in total. The maximum absolute atomic E-state index is 13.8. The summed E-state index contributed by atoms with van der Waals surface area (Å²) in [6.45, 7) is 2.11. The molecule has 0 aliphatic rings. The molecule has 10 heteroatoms. The van der Waals surface area contributed by atoms with Crippen LogP contribution < -0.4 is 19.5 Å². The van der Waals surface area contributed by atoms with E-state index in [9.17, 15) is 9.59 Å². The minimum absolute atomic E-state index is 0.0649. The van der Waals surface area contributed by atoms with Crippen LogP contribution >= 0.6 is 11.3 Å². The number of anilines is 1. The third kappa shape index (κ3) is 6.71. The molecular weight excluding hydrogens is 516 g/mol. The summed E-state index contributed by atoms with van der Waals surface area (Å²) in [4.78, 5) is 28.3. The van der Waals surface area contributed by atoms with E-state index in [1.165, 1.54) is 18.4 Å². The average Bonchev–Trinajstić information content (AvgIpc) is 3.45. The Morgan fingerprint density at radius 2 is 1.64 bits per heavy atom. The summed E-state index contributed by atoms with van der Waals surface area (Å²) in [7, 11) is 4.66. The molecule has 0 bridgehead atoms. The number of hydrogen-bond acceptors (Lipinski definition) is 8. The van der Waals surface area contributed by atoms with Gasteiger partial charge in [0.15, 0.2) is 0 Å². The minimum atomic E-state index is -0.292. The number of aromatic nitrogens is 2. The first-order valence-electron chi connectivity index (χ1n) is 12.3. The lowest BCUT2D eigenvalue weighted by atomic mass is 10.0. The molecule has 3 aromatic carbocycles. The smallest absolute Gasteiger partial charge is 0.258 e. The molecule has 0 fully saturated rings. The Labute approximate surface area is 231 Å². The maximum atomic E-state index is 13.8. The van der Waals surface area contributed by atoms with E-state index in [4.69, 9.17) is 14.2 Å². The highest BCUT2D eigenvalue weighted by Crippen LogP contribution is 2.31. The Kier molecular flexibility index (Phi) is 9.11. The first kappa shape index (κ1) is 27.6. The summed E-state index contributed by atoms with van der Waals surface area (Å²) in [5.41, 5.74) is 2.17. The van der Waals surface area contributed by atoms with E-state index in [1.807, 2.05) is 61.5 Å². The third-order valence-electron chi connectivity index (χ3n) is 6.22. The van der Waals surface area contributed by atoms with Crippen LogP contribution in [-0.4, -0.2) is 54.8 Å². The fraction of sp³-hybridized carbons (Fsp3) is 0.241. The van der Waals surface area contributed by atoms with Gasteiger partial charge in [0, 0.05) is 24.6 Å². The van der Waals surface area contributed by atoms with Crippen molar-refractivity contribution in [1.29, 1.82) is 0 Å².